The molecule has 0 saturated carbocycles. The molecule has 0 fully saturated rings. The van der Waals surface area contributed by atoms with Crippen molar-refractivity contribution in [2.24, 2.45) is 0 Å². The molecule has 0 aromatic rings. The number of halogens is 10. The molecule has 0 aliphatic rings. The summed E-state index contributed by atoms with van der Waals surface area (Å²) in [5.41, 5.74) is 0. The SMILES string of the molecule is FC(F)C(F)C(F)C(F)(F)C(F)(F)C(F)CCl. The lowest BCUT2D eigenvalue weighted by molar-refractivity contribution is -0.273. The minimum atomic E-state index is -5.93. The number of rotatable bonds is 6. The van der Waals surface area contributed by atoms with Crippen molar-refractivity contribution in [3.63, 3.8) is 0 Å². The van der Waals surface area contributed by atoms with Crippen LogP contribution in [0.5, 0.6) is 0 Å². The number of alkyl halides is 10. The maximum Gasteiger partial charge on any atom is 0.346 e. The first-order valence-corrected chi connectivity index (χ1v) is 4.55. The molecule has 3 unspecified atom stereocenters. The summed E-state index contributed by atoms with van der Waals surface area (Å²) >= 11 is 4.54. The summed E-state index contributed by atoms with van der Waals surface area (Å²) in [7, 11) is 0. The maximum atomic E-state index is 12.6. The molecule has 0 rings (SSSR count). The summed E-state index contributed by atoms with van der Waals surface area (Å²) in [5.74, 6) is -13.2. The molecule has 0 N–H and O–H groups in total. The van der Waals surface area contributed by atoms with Crippen LogP contribution in [0.1, 0.15) is 0 Å². The summed E-state index contributed by atoms with van der Waals surface area (Å²) in [6.45, 7) is 0. The molecular formula is C7H6ClF9. The third-order valence-electron chi connectivity index (χ3n) is 1.84. The minimum absolute atomic E-state index is 1.62. The molecular weight excluding hydrogens is 291 g/mol. The van der Waals surface area contributed by atoms with Crippen molar-refractivity contribution in [2.75, 3.05) is 5.88 Å². The molecule has 10 heteroatoms. The van der Waals surface area contributed by atoms with E-state index in [4.69, 9.17) is 0 Å². The highest BCUT2D eigenvalue weighted by Crippen LogP contribution is 2.44. The van der Waals surface area contributed by atoms with E-state index in [0.29, 0.717) is 0 Å². The number of hydrogen-bond donors (Lipinski definition) is 0. The van der Waals surface area contributed by atoms with Gasteiger partial charge >= 0.3 is 11.8 Å². The van der Waals surface area contributed by atoms with E-state index < -0.39 is 42.7 Å². The molecule has 3 atom stereocenters. The predicted octanol–water partition coefficient (Wildman–Crippen LogP) is 3.78. The second kappa shape index (κ2) is 5.53. The van der Waals surface area contributed by atoms with Crippen LogP contribution in [0.3, 0.4) is 0 Å². The van der Waals surface area contributed by atoms with Crippen molar-refractivity contribution in [2.45, 2.75) is 36.8 Å². The maximum absolute atomic E-state index is 12.6. The lowest BCUT2D eigenvalue weighted by Gasteiger charge is -2.31. The summed E-state index contributed by atoms with van der Waals surface area (Å²) in [6, 6.07) is 0. The molecule has 0 aliphatic carbocycles. The van der Waals surface area contributed by atoms with E-state index in [1.807, 2.05) is 0 Å². The van der Waals surface area contributed by atoms with Gasteiger partial charge in [-0.3, -0.25) is 0 Å². The molecule has 0 heterocycles. The van der Waals surface area contributed by atoms with Gasteiger partial charge in [0.2, 0.25) is 6.17 Å². The van der Waals surface area contributed by atoms with E-state index in [-0.39, 0.29) is 0 Å². The van der Waals surface area contributed by atoms with Crippen LogP contribution in [0.15, 0.2) is 0 Å². The zero-order valence-electron chi connectivity index (χ0n) is 7.80. The fourth-order valence-corrected chi connectivity index (χ4v) is 1.01. The molecule has 0 amide bonds. The predicted molar refractivity (Wildman–Crippen MR) is 41.3 cm³/mol. The molecule has 0 aliphatic heterocycles. The first-order valence-electron chi connectivity index (χ1n) is 4.02. The average molecular weight is 297 g/mol. The van der Waals surface area contributed by atoms with Crippen LogP contribution in [0, 0.1) is 0 Å². The van der Waals surface area contributed by atoms with Crippen molar-refractivity contribution in [3.8, 4) is 0 Å². The fourth-order valence-electron chi connectivity index (χ4n) is 0.817. The highest BCUT2D eigenvalue weighted by molar-refractivity contribution is 6.18. The van der Waals surface area contributed by atoms with Gasteiger partial charge in [-0.1, -0.05) is 0 Å². The van der Waals surface area contributed by atoms with E-state index in [9.17, 15) is 39.5 Å². The Balaban J connectivity index is 5.11. The molecule has 0 bridgehead atoms. The Morgan fingerprint density at radius 3 is 1.53 bits per heavy atom. The monoisotopic (exact) mass is 296 g/mol. The van der Waals surface area contributed by atoms with Gasteiger partial charge < -0.3 is 0 Å². The quantitative estimate of drug-likeness (QED) is 0.517. The topological polar surface area (TPSA) is 0 Å². The Hall–Kier alpha value is -0.340. The number of hydrogen-bond acceptors (Lipinski definition) is 0. The molecule has 0 aromatic carbocycles. The van der Waals surface area contributed by atoms with Crippen molar-refractivity contribution < 1.29 is 39.5 Å². The Morgan fingerprint density at radius 2 is 1.24 bits per heavy atom. The van der Waals surface area contributed by atoms with Crippen molar-refractivity contribution >= 4 is 11.6 Å². The highest BCUT2D eigenvalue weighted by atomic mass is 35.5. The average Bonchev–Trinajstić information content (AvgIpc) is 2.24. The normalized spacial score (nSPS) is 19.2. The third kappa shape index (κ3) is 3.11. The van der Waals surface area contributed by atoms with Gasteiger partial charge in [-0.2, -0.15) is 17.6 Å². The molecule has 0 spiro atoms. The van der Waals surface area contributed by atoms with Gasteiger partial charge in [0.05, 0.1) is 5.88 Å². The van der Waals surface area contributed by atoms with Crippen molar-refractivity contribution in [1.29, 1.82) is 0 Å². The van der Waals surface area contributed by atoms with Gasteiger partial charge in [0.25, 0.3) is 6.43 Å². The van der Waals surface area contributed by atoms with E-state index >= 15 is 0 Å². The van der Waals surface area contributed by atoms with Crippen LogP contribution in [0.25, 0.3) is 0 Å². The van der Waals surface area contributed by atoms with Gasteiger partial charge in [0.1, 0.15) is 0 Å². The summed E-state index contributed by atoms with van der Waals surface area (Å²) in [6.07, 6.45) is -16.6. The smallest absolute Gasteiger partial charge is 0.239 e. The van der Waals surface area contributed by atoms with Crippen LogP contribution >= 0.6 is 11.6 Å². The van der Waals surface area contributed by atoms with Gasteiger partial charge in [-0.15, -0.1) is 11.6 Å². The molecule has 104 valence electrons. The highest BCUT2D eigenvalue weighted by Gasteiger charge is 2.68. The lowest BCUT2D eigenvalue weighted by Crippen LogP contribution is -2.57. The van der Waals surface area contributed by atoms with E-state index in [1.54, 1.807) is 0 Å². The largest absolute Gasteiger partial charge is 0.346 e. The van der Waals surface area contributed by atoms with Gasteiger partial charge in [0.15, 0.2) is 12.3 Å². The molecule has 0 saturated heterocycles. The molecule has 0 radical (unpaired) electrons. The Bertz CT molecular complexity index is 243. The van der Waals surface area contributed by atoms with E-state index in [0.717, 1.165) is 0 Å². The van der Waals surface area contributed by atoms with Crippen LogP contribution in [0.2, 0.25) is 0 Å². The second-order valence-corrected chi connectivity index (χ2v) is 3.36. The van der Waals surface area contributed by atoms with Crippen LogP contribution in [-0.4, -0.2) is 42.7 Å². The summed E-state index contributed by atoms with van der Waals surface area (Å²) < 4.78 is 111. The molecule has 0 nitrogen and oxygen atoms in total. The zero-order chi connectivity index (χ0) is 14.0. The standard InChI is InChI=1S/C7H6ClF9/c8-1-2(9)6(14,15)7(16,17)4(11)3(10)5(12)13/h2-5H,1H2. The van der Waals surface area contributed by atoms with E-state index in [2.05, 4.69) is 11.6 Å². The van der Waals surface area contributed by atoms with Crippen LogP contribution in [0.4, 0.5) is 39.5 Å². The van der Waals surface area contributed by atoms with Gasteiger partial charge in [-0.25, -0.2) is 22.0 Å². The van der Waals surface area contributed by atoms with Crippen molar-refractivity contribution in [1.82, 2.24) is 0 Å². The fraction of sp³-hybridized carbons (Fsp3) is 1.00. The first kappa shape index (κ1) is 16.7. The zero-order valence-corrected chi connectivity index (χ0v) is 8.55. The molecule has 17 heavy (non-hydrogen) atoms. The van der Waals surface area contributed by atoms with Gasteiger partial charge in [0, 0.05) is 0 Å². The van der Waals surface area contributed by atoms with Crippen molar-refractivity contribution in [3.05, 3.63) is 0 Å². The first-order chi connectivity index (χ1) is 7.50. The Morgan fingerprint density at radius 1 is 0.824 bits per heavy atom. The second-order valence-electron chi connectivity index (χ2n) is 3.05. The molecule has 0 aromatic heterocycles. The minimum Gasteiger partial charge on any atom is -0.239 e. The Labute approximate surface area is 94.7 Å². The Kier molecular flexibility index (Phi) is 5.42. The summed E-state index contributed by atoms with van der Waals surface area (Å²) in [4.78, 5) is 0. The van der Waals surface area contributed by atoms with Gasteiger partial charge in [-0.05, 0) is 0 Å². The van der Waals surface area contributed by atoms with Crippen LogP contribution in [-0.2, 0) is 0 Å². The van der Waals surface area contributed by atoms with Crippen LogP contribution < -0.4 is 0 Å². The summed E-state index contributed by atoms with van der Waals surface area (Å²) in [5, 5.41) is 0. The third-order valence-corrected chi connectivity index (χ3v) is 2.11. The van der Waals surface area contributed by atoms with E-state index in [1.165, 1.54) is 0 Å². The lowest BCUT2D eigenvalue weighted by atomic mass is 10.00.